The number of fused-ring (bicyclic) bond motifs is 2. The van der Waals surface area contributed by atoms with Crippen molar-refractivity contribution in [1.29, 1.82) is 0 Å². The minimum absolute atomic E-state index is 0.127. The van der Waals surface area contributed by atoms with E-state index in [-0.39, 0.29) is 12.1 Å². The van der Waals surface area contributed by atoms with Gasteiger partial charge in [-0.25, -0.2) is 4.98 Å². The van der Waals surface area contributed by atoms with E-state index in [1.54, 1.807) is 13.3 Å². The minimum atomic E-state index is -4.41. The van der Waals surface area contributed by atoms with Gasteiger partial charge in [0.1, 0.15) is 0 Å². The molecule has 3 aliphatic rings. The second-order valence-electron chi connectivity index (χ2n) is 10.4. The molecule has 9 heteroatoms. The van der Waals surface area contributed by atoms with Gasteiger partial charge in [-0.15, -0.1) is 0 Å². The Morgan fingerprint density at radius 1 is 0.927 bits per heavy atom. The smallest absolute Gasteiger partial charge is 0.381 e. The van der Waals surface area contributed by atoms with Gasteiger partial charge in [-0.05, 0) is 93.3 Å². The molecule has 0 radical (unpaired) electrons. The first-order valence-corrected chi connectivity index (χ1v) is 13.7. The third-order valence-electron chi connectivity index (χ3n) is 7.73. The van der Waals surface area contributed by atoms with Gasteiger partial charge in [0.25, 0.3) is 0 Å². The maximum absolute atomic E-state index is 13.4. The average molecular weight is 558 g/mol. The maximum atomic E-state index is 13.4. The summed E-state index contributed by atoms with van der Waals surface area (Å²) in [6, 6.07) is 20.8. The number of aryl methyl sites for hydroxylation is 1. The van der Waals surface area contributed by atoms with Gasteiger partial charge in [0.15, 0.2) is 0 Å². The number of aromatic nitrogens is 3. The van der Waals surface area contributed by atoms with Crippen LogP contribution in [0.25, 0.3) is 28.1 Å². The van der Waals surface area contributed by atoms with E-state index >= 15 is 0 Å². The third-order valence-corrected chi connectivity index (χ3v) is 7.73. The van der Waals surface area contributed by atoms with E-state index in [1.807, 2.05) is 60.0 Å². The fourth-order valence-electron chi connectivity index (χ4n) is 5.49. The van der Waals surface area contributed by atoms with Gasteiger partial charge in [-0.2, -0.15) is 13.2 Å². The normalized spacial score (nSPS) is 18.2. The third kappa shape index (κ3) is 5.54. The number of rotatable bonds is 5. The monoisotopic (exact) mass is 557 g/mol. The van der Waals surface area contributed by atoms with Crippen molar-refractivity contribution in [1.82, 2.24) is 14.5 Å². The summed E-state index contributed by atoms with van der Waals surface area (Å²) >= 11 is 0. The summed E-state index contributed by atoms with van der Waals surface area (Å²) in [5.74, 6) is 0. The van der Waals surface area contributed by atoms with Crippen molar-refractivity contribution < 1.29 is 17.9 Å². The van der Waals surface area contributed by atoms with Crippen LogP contribution in [0.1, 0.15) is 36.9 Å². The number of hydrogen-bond donors (Lipinski definition) is 1. The largest absolute Gasteiger partial charge is 0.416 e. The Morgan fingerprint density at radius 3 is 2.39 bits per heavy atom. The van der Waals surface area contributed by atoms with Crippen LogP contribution in [0, 0.1) is 6.92 Å². The van der Waals surface area contributed by atoms with Crippen LogP contribution in [-0.4, -0.2) is 33.8 Å². The van der Waals surface area contributed by atoms with Crippen molar-refractivity contribution in [3.63, 3.8) is 0 Å². The summed E-state index contributed by atoms with van der Waals surface area (Å²) in [7, 11) is 1.75. The number of alkyl halides is 3. The highest BCUT2D eigenvalue weighted by atomic mass is 19.4. The summed E-state index contributed by atoms with van der Waals surface area (Å²) in [5, 5.41) is 4.28. The van der Waals surface area contributed by atoms with Crippen molar-refractivity contribution in [3.8, 4) is 17.1 Å². The number of nitrogens with one attached hydrogen (secondary N) is 1. The molecule has 0 unspecified atom stereocenters. The van der Waals surface area contributed by atoms with Gasteiger partial charge in [-0.1, -0.05) is 12.1 Å². The molecular formula is C32H30F3N5O. The molecule has 0 atom stereocenters. The van der Waals surface area contributed by atoms with Crippen LogP contribution in [0.2, 0.25) is 0 Å². The van der Waals surface area contributed by atoms with Gasteiger partial charge in [0, 0.05) is 19.0 Å². The summed E-state index contributed by atoms with van der Waals surface area (Å²) in [6.07, 6.45) is 1.31. The van der Waals surface area contributed by atoms with E-state index in [0.29, 0.717) is 11.4 Å². The molecule has 1 fully saturated rings. The predicted octanol–water partition coefficient (Wildman–Crippen LogP) is 7.45. The Labute approximate surface area is 235 Å². The Morgan fingerprint density at radius 2 is 1.68 bits per heavy atom. The van der Waals surface area contributed by atoms with Crippen LogP contribution in [0.3, 0.4) is 0 Å². The van der Waals surface area contributed by atoms with Gasteiger partial charge in [-0.3, -0.25) is 9.98 Å². The van der Waals surface area contributed by atoms with Crippen molar-refractivity contribution in [2.75, 3.05) is 12.4 Å². The van der Waals surface area contributed by atoms with Crippen molar-refractivity contribution >= 4 is 22.4 Å². The quantitative estimate of drug-likeness (QED) is 0.228. The lowest BCUT2D eigenvalue weighted by atomic mass is 9.93. The molecular weight excluding hydrogens is 527 g/mol. The molecule has 6 nitrogen and oxygen atoms in total. The Bertz CT molecular complexity index is 1720. The topological polar surface area (TPSA) is 64.3 Å². The zero-order valence-corrected chi connectivity index (χ0v) is 22.8. The number of nitrogens with zero attached hydrogens (tertiary/aromatic N) is 4. The number of methoxy groups -OCH3 is 1. The second kappa shape index (κ2) is 11.0. The molecule has 0 saturated heterocycles. The molecule has 41 heavy (non-hydrogen) atoms. The van der Waals surface area contributed by atoms with Crippen LogP contribution in [0.15, 0.2) is 84.0 Å². The van der Waals surface area contributed by atoms with Gasteiger partial charge < -0.3 is 14.6 Å². The van der Waals surface area contributed by atoms with E-state index in [9.17, 15) is 13.2 Å². The molecule has 1 saturated carbocycles. The fourth-order valence-corrected chi connectivity index (χ4v) is 5.49. The lowest BCUT2D eigenvalue weighted by molar-refractivity contribution is -0.137. The number of pyridine rings is 1. The van der Waals surface area contributed by atoms with Crippen molar-refractivity contribution in [2.24, 2.45) is 4.99 Å². The van der Waals surface area contributed by atoms with E-state index in [1.165, 1.54) is 12.1 Å². The minimum Gasteiger partial charge on any atom is -0.381 e. The first kappa shape index (κ1) is 27.0. The molecule has 0 amide bonds. The highest BCUT2D eigenvalue weighted by molar-refractivity contribution is 5.84. The van der Waals surface area contributed by atoms with Gasteiger partial charge in [0.05, 0.1) is 62.6 Å². The molecule has 6 rings (SSSR count). The molecule has 0 bridgehead atoms. The molecule has 210 valence electrons. The zero-order chi connectivity index (χ0) is 28.6. The van der Waals surface area contributed by atoms with Gasteiger partial charge in [0.2, 0.25) is 0 Å². The Kier molecular flexibility index (Phi) is 7.21. The molecule has 2 aliphatic carbocycles. The molecule has 1 aliphatic heterocycles. The van der Waals surface area contributed by atoms with Crippen molar-refractivity contribution in [3.05, 3.63) is 95.6 Å². The summed E-state index contributed by atoms with van der Waals surface area (Å²) in [5.41, 5.74) is 5.39. The fraction of sp³-hybridized carbons (Fsp3) is 0.281. The number of para-hydroxylation sites is 2. The standard InChI is InChI=1S/C32H30F3N5O/c1-20-25(7-5-17-36-20)38-27-18-29-31(19-28(27)37-22-11-15-24(41-2)16-12-22)40(30-8-4-3-6-26(30)39-29)23-13-9-21(10-14-23)32(33,34)35/h3-10,13-14,17-19,22,24,38H,11-12,15-16H2,1-2H3/b37-28+. The summed E-state index contributed by atoms with van der Waals surface area (Å²) in [6.45, 7) is 1.94. The molecule has 2 heterocycles. The highest BCUT2D eigenvalue weighted by Gasteiger charge is 2.30. The second-order valence-corrected chi connectivity index (χ2v) is 10.4. The van der Waals surface area contributed by atoms with Crippen LogP contribution >= 0.6 is 0 Å². The molecule has 2 aromatic carbocycles. The van der Waals surface area contributed by atoms with E-state index in [4.69, 9.17) is 14.7 Å². The summed E-state index contributed by atoms with van der Waals surface area (Å²) in [4.78, 5) is 14.5. The Balaban J connectivity index is 1.57. The van der Waals surface area contributed by atoms with E-state index in [0.717, 1.165) is 77.0 Å². The SMILES string of the molecule is COC1CCC(/N=c2\cc3n(-c4ccc(C(F)(F)F)cc4)c4ccccc4nc-3cc2Nc2cccnc2C)CC1. The predicted molar refractivity (Wildman–Crippen MR) is 154 cm³/mol. The van der Waals surface area contributed by atoms with Crippen molar-refractivity contribution in [2.45, 2.75) is 50.9 Å². The Hall–Kier alpha value is -4.24. The zero-order valence-electron chi connectivity index (χ0n) is 22.8. The molecule has 1 aromatic heterocycles. The highest BCUT2D eigenvalue weighted by Crippen LogP contribution is 2.34. The van der Waals surface area contributed by atoms with Crippen LogP contribution in [-0.2, 0) is 10.9 Å². The number of anilines is 2. The molecule has 0 spiro atoms. The molecule has 1 N–H and O–H groups in total. The van der Waals surface area contributed by atoms with Crippen LogP contribution < -0.4 is 10.7 Å². The van der Waals surface area contributed by atoms with Crippen LogP contribution in [0.5, 0.6) is 0 Å². The number of hydrogen-bond acceptors (Lipinski definition) is 5. The first-order chi connectivity index (χ1) is 19.8. The number of ether oxygens (including phenoxy) is 1. The average Bonchev–Trinajstić information content (AvgIpc) is 2.97. The van der Waals surface area contributed by atoms with Gasteiger partial charge >= 0.3 is 6.18 Å². The lowest BCUT2D eigenvalue weighted by Crippen LogP contribution is -2.25. The van der Waals surface area contributed by atoms with E-state index < -0.39 is 11.7 Å². The lowest BCUT2D eigenvalue weighted by Gasteiger charge is -2.25. The number of halogens is 3. The maximum Gasteiger partial charge on any atom is 0.416 e. The summed E-state index contributed by atoms with van der Waals surface area (Å²) < 4.78 is 47.6. The first-order valence-electron chi connectivity index (χ1n) is 13.7. The van der Waals surface area contributed by atoms with Crippen LogP contribution in [0.4, 0.5) is 24.5 Å². The molecule has 3 aromatic rings. The van der Waals surface area contributed by atoms with E-state index in [2.05, 4.69) is 10.3 Å². The number of benzene rings is 3.